The van der Waals surface area contributed by atoms with Crippen molar-refractivity contribution in [3.05, 3.63) is 36.4 Å². The fourth-order valence-corrected chi connectivity index (χ4v) is 2.88. The van der Waals surface area contributed by atoms with E-state index >= 15 is 0 Å². The summed E-state index contributed by atoms with van der Waals surface area (Å²) in [5.74, 6) is 0.506. The summed E-state index contributed by atoms with van der Waals surface area (Å²) in [5.41, 5.74) is 1.33. The zero-order valence-corrected chi connectivity index (χ0v) is 14.1. The van der Waals surface area contributed by atoms with Crippen molar-refractivity contribution in [2.24, 2.45) is 5.92 Å². The molecule has 0 radical (unpaired) electrons. The first-order chi connectivity index (χ1) is 12.5. The molecule has 1 N–H and O–H groups in total. The lowest BCUT2D eigenvalue weighted by Gasteiger charge is -2.09. The zero-order valence-electron chi connectivity index (χ0n) is 14.1. The minimum absolute atomic E-state index is 0.0193. The van der Waals surface area contributed by atoms with Crippen LogP contribution in [-0.4, -0.2) is 29.9 Å². The summed E-state index contributed by atoms with van der Waals surface area (Å²) < 4.78 is 33.7. The van der Waals surface area contributed by atoms with Gasteiger partial charge in [-0.15, -0.1) is 0 Å². The van der Waals surface area contributed by atoms with E-state index in [9.17, 15) is 8.78 Å². The highest BCUT2D eigenvalue weighted by Crippen LogP contribution is 2.32. The third-order valence-electron chi connectivity index (χ3n) is 3.98. The summed E-state index contributed by atoms with van der Waals surface area (Å²) in [4.78, 5) is 11.5. The van der Waals surface area contributed by atoms with Crippen molar-refractivity contribution in [1.29, 1.82) is 0 Å². The van der Waals surface area contributed by atoms with Gasteiger partial charge in [0.1, 0.15) is 11.3 Å². The number of aromatic amines is 1. The average Bonchev–Trinajstić information content (AvgIpc) is 3.32. The molecule has 7 nitrogen and oxygen atoms in total. The van der Waals surface area contributed by atoms with Crippen molar-refractivity contribution in [2.75, 3.05) is 0 Å². The Kier molecular flexibility index (Phi) is 3.98. The Labute approximate surface area is 147 Å². The minimum Gasteiger partial charge on any atom is -0.346 e. The summed E-state index contributed by atoms with van der Waals surface area (Å²) in [7, 11) is 0. The zero-order chi connectivity index (χ0) is 18.3. The number of nitrogens with one attached hydrogen (secondary N) is 1. The Morgan fingerprint density at radius 1 is 1.23 bits per heavy atom. The van der Waals surface area contributed by atoms with Crippen LogP contribution in [0, 0.1) is 5.92 Å². The number of nitrogens with zero attached hydrogens (tertiary/aromatic N) is 5. The monoisotopic (exact) mass is 358 g/mol. The van der Waals surface area contributed by atoms with Crippen LogP contribution in [0.5, 0.6) is 0 Å². The fraction of sp³-hybridized carbons (Fsp3) is 0.294. The summed E-state index contributed by atoms with van der Waals surface area (Å²) in [6.45, 7) is 4.26. The Bertz CT molecular complexity index is 1050. The van der Waals surface area contributed by atoms with Gasteiger partial charge >= 0.3 is 0 Å². The van der Waals surface area contributed by atoms with E-state index in [-0.39, 0.29) is 23.1 Å². The SMILES string of the molecule is CC(C)Cn1ncc(-c2nc(-c3ccnc4[nH]ccc34)no2)c1C(F)F. The summed E-state index contributed by atoms with van der Waals surface area (Å²) in [6.07, 6.45) is 2.03. The van der Waals surface area contributed by atoms with Crippen LogP contribution in [0.2, 0.25) is 0 Å². The van der Waals surface area contributed by atoms with Crippen LogP contribution >= 0.6 is 0 Å². The smallest absolute Gasteiger partial charge is 0.280 e. The number of aromatic nitrogens is 6. The fourth-order valence-electron chi connectivity index (χ4n) is 2.88. The lowest BCUT2D eigenvalue weighted by Crippen LogP contribution is -2.10. The molecular weight excluding hydrogens is 342 g/mol. The van der Waals surface area contributed by atoms with Crippen molar-refractivity contribution >= 4 is 11.0 Å². The molecule has 0 amide bonds. The van der Waals surface area contributed by atoms with Crippen molar-refractivity contribution < 1.29 is 13.3 Å². The maximum Gasteiger partial charge on any atom is 0.280 e. The number of fused-ring (bicyclic) bond motifs is 1. The van der Waals surface area contributed by atoms with Crippen LogP contribution in [0.25, 0.3) is 33.9 Å². The van der Waals surface area contributed by atoms with Gasteiger partial charge in [-0.05, 0) is 18.1 Å². The van der Waals surface area contributed by atoms with Gasteiger partial charge in [0.25, 0.3) is 12.3 Å². The average molecular weight is 358 g/mol. The van der Waals surface area contributed by atoms with Crippen LogP contribution in [0.3, 0.4) is 0 Å². The molecule has 0 spiro atoms. The van der Waals surface area contributed by atoms with Gasteiger partial charge in [-0.1, -0.05) is 19.0 Å². The van der Waals surface area contributed by atoms with Crippen LogP contribution in [-0.2, 0) is 6.54 Å². The van der Waals surface area contributed by atoms with Crippen LogP contribution in [0.1, 0.15) is 26.0 Å². The molecular formula is C17H16F2N6O. The second-order valence-corrected chi connectivity index (χ2v) is 6.34. The van der Waals surface area contributed by atoms with E-state index in [1.54, 1.807) is 18.5 Å². The molecule has 0 aliphatic heterocycles. The van der Waals surface area contributed by atoms with E-state index in [0.717, 1.165) is 5.39 Å². The predicted octanol–water partition coefficient (Wildman–Crippen LogP) is 4.07. The van der Waals surface area contributed by atoms with Gasteiger partial charge in [0.2, 0.25) is 5.82 Å². The number of hydrogen-bond donors (Lipinski definition) is 1. The number of H-pyrrole nitrogens is 1. The van der Waals surface area contributed by atoms with Crippen molar-refractivity contribution in [1.82, 2.24) is 29.9 Å². The third-order valence-corrected chi connectivity index (χ3v) is 3.98. The van der Waals surface area contributed by atoms with Gasteiger partial charge < -0.3 is 9.51 Å². The van der Waals surface area contributed by atoms with E-state index in [1.807, 2.05) is 19.9 Å². The molecule has 0 aliphatic carbocycles. The van der Waals surface area contributed by atoms with Gasteiger partial charge in [-0.25, -0.2) is 13.8 Å². The highest BCUT2D eigenvalue weighted by Gasteiger charge is 2.25. The summed E-state index contributed by atoms with van der Waals surface area (Å²) >= 11 is 0. The summed E-state index contributed by atoms with van der Waals surface area (Å²) in [6, 6.07) is 3.60. The number of hydrogen-bond acceptors (Lipinski definition) is 5. The number of pyridine rings is 1. The van der Waals surface area contributed by atoms with Gasteiger partial charge in [0.05, 0.1) is 11.8 Å². The van der Waals surface area contributed by atoms with Crippen molar-refractivity contribution in [3.8, 4) is 22.8 Å². The molecule has 4 rings (SSSR count). The molecule has 26 heavy (non-hydrogen) atoms. The second kappa shape index (κ2) is 6.32. The number of rotatable bonds is 5. The molecule has 0 saturated carbocycles. The maximum absolute atomic E-state index is 13.6. The third kappa shape index (κ3) is 2.75. The van der Waals surface area contributed by atoms with Crippen molar-refractivity contribution in [2.45, 2.75) is 26.8 Å². The molecule has 9 heteroatoms. The van der Waals surface area contributed by atoms with Gasteiger partial charge in [0.15, 0.2) is 0 Å². The first-order valence-electron chi connectivity index (χ1n) is 8.15. The van der Waals surface area contributed by atoms with Gasteiger partial charge in [-0.3, -0.25) is 4.68 Å². The minimum atomic E-state index is -2.70. The summed E-state index contributed by atoms with van der Waals surface area (Å²) in [5, 5.41) is 8.85. The maximum atomic E-state index is 13.6. The molecule has 4 heterocycles. The number of alkyl halides is 2. The molecule has 0 aromatic carbocycles. The molecule has 4 aromatic heterocycles. The second-order valence-electron chi connectivity index (χ2n) is 6.34. The van der Waals surface area contributed by atoms with Crippen molar-refractivity contribution in [3.63, 3.8) is 0 Å². The van der Waals surface area contributed by atoms with E-state index in [2.05, 4.69) is 25.2 Å². The largest absolute Gasteiger partial charge is 0.346 e. The Morgan fingerprint density at radius 3 is 2.85 bits per heavy atom. The quantitative estimate of drug-likeness (QED) is 0.581. The number of halogens is 2. The molecule has 4 aromatic rings. The van der Waals surface area contributed by atoms with Crippen LogP contribution in [0.15, 0.2) is 35.2 Å². The van der Waals surface area contributed by atoms with Gasteiger partial charge in [-0.2, -0.15) is 10.1 Å². The standard InChI is InChI=1S/C17H16F2N6O/c1-9(2)8-25-13(14(18)19)12(7-22-25)17-23-16(24-26-17)11-4-6-21-15-10(11)3-5-20-15/h3-7,9,14H,8H2,1-2H3,(H,20,21). The molecule has 0 atom stereocenters. The normalized spacial score (nSPS) is 11.9. The Hall–Kier alpha value is -3.10. The van der Waals surface area contributed by atoms with E-state index in [1.165, 1.54) is 10.9 Å². The first kappa shape index (κ1) is 16.4. The first-order valence-corrected chi connectivity index (χ1v) is 8.15. The molecule has 0 fully saturated rings. The van der Waals surface area contributed by atoms with E-state index in [4.69, 9.17) is 4.52 Å². The highest BCUT2D eigenvalue weighted by atomic mass is 19.3. The van der Waals surface area contributed by atoms with E-state index < -0.39 is 6.43 Å². The van der Waals surface area contributed by atoms with Crippen LogP contribution < -0.4 is 0 Å². The lowest BCUT2D eigenvalue weighted by molar-refractivity contribution is 0.138. The predicted molar refractivity (Wildman–Crippen MR) is 90.4 cm³/mol. The van der Waals surface area contributed by atoms with Crippen LogP contribution in [0.4, 0.5) is 8.78 Å². The molecule has 134 valence electrons. The molecule has 0 aliphatic rings. The topological polar surface area (TPSA) is 85.4 Å². The Balaban J connectivity index is 1.77. The van der Waals surface area contributed by atoms with E-state index in [0.29, 0.717) is 23.6 Å². The molecule has 0 bridgehead atoms. The van der Waals surface area contributed by atoms with Gasteiger partial charge in [0, 0.05) is 29.9 Å². The Morgan fingerprint density at radius 2 is 2.08 bits per heavy atom. The highest BCUT2D eigenvalue weighted by molar-refractivity contribution is 5.90. The molecule has 0 saturated heterocycles. The lowest BCUT2D eigenvalue weighted by atomic mass is 10.2. The molecule has 0 unspecified atom stereocenters.